The molecule has 104 heavy (non-hydrogen) atoms. The van der Waals surface area contributed by atoms with Gasteiger partial charge in [0.05, 0.1) is 45.6 Å². The molecule has 14 aromatic rings. The van der Waals surface area contributed by atoms with E-state index < -0.39 is 0 Å². The predicted molar refractivity (Wildman–Crippen MR) is 429 cm³/mol. The van der Waals surface area contributed by atoms with Crippen LogP contribution in [0.4, 0.5) is 0 Å². The van der Waals surface area contributed by atoms with Crippen molar-refractivity contribution in [3.63, 3.8) is 0 Å². The number of nitrogens with one attached hydrogen (secondary N) is 4. The van der Waals surface area contributed by atoms with Crippen LogP contribution < -0.4 is 0 Å². The molecule has 0 saturated heterocycles. The Balaban J connectivity index is 0.823. The number of aromatic amines is 4. The van der Waals surface area contributed by atoms with Gasteiger partial charge in [0.15, 0.2) is 0 Å². The Hall–Kier alpha value is -14.8. The Labute approximate surface area is 600 Å². The molecule has 0 fully saturated rings. The first-order chi connectivity index (χ1) is 51.5. The molecule has 8 heteroatoms. The van der Waals surface area contributed by atoms with Crippen molar-refractivity contribution in [2.24, 2.45) is 0 Å². The first-order valence-electron chi connectivity index (χ1n) is 34.5. The molecule has 6 aromatic heterocycles. The lowest BCUT2D eigenvalue weighted by atomic mass is 10.0. The molecule has 0 unspecified atom stereocenters. The molecule has 480 valence electrons. The average Bonchev–Trinajstić information content (AvgIpc) is 1.61. The summed E-state index contributed by atoms with van der Waals surface area (Å²) in [5.74, 6) is 26.0. The molecule has 0 spiro atoms. The summed E-state index contributed by atoms with van der Waals surface area (Å²) in [4.78, 5) is 37.7. The number of fused-ring (bicyclic) bond motifs is 8. The van der Waals surface area contributed by atoms with Gasteiger partial charge < -0.3 is 19.9 Å². The van der Waals surface area contributed by atoms with E-state index in [1.54, 1.807) is 0 Å². The molecule has 8 aromatic carbocycles. The van der Waals surface area contributed by atoms with Gasteiger partial charge in [-0.05, 0) is 214 Å². The number of rotatable bonds is 4. The topological polar surface area (TPSA) is 115 Å². The minimum absolute atomic E-state index is 0.814. The van der Waals surface area contributed by atoms with Crippen LogP contribution in [-0.4, -0.2) is 39.9 Å². The SMILES string of the molecule is C1#Cc2ccc(cc2)-c2c3nc(c(-c4ccccc4)c4ccc([nH]4)c(c4nc(c(-c5ccccc5)c5ccc2[nH]5)C=C4)-c2ccc(cc2)C#CC#Cc2ccc(cc2)-c2c4nc(c(-c5ccccc5)c5ccc([nH]5)c(c5nc(c(-c6ccccc6)c6ccc2[nH]6)C=C5)-c2ccc(cc2)C#C1)C=C4)C=C3. The Morgan fingerprint density at radius 2 is 0.317 bits per heavy atom. The van der Waals surface area contributed by atoms with Gasteiger partial charge >= 0.3 is 0 Å². The van der Waals surface area contributed by atoms with Crippen LogP contribution in [0.15, 0.2) is 267 Å². The highest BCUT2D eigenvalue weighted by Gasteiger charge is 2.23. The summed E-state index contributed by atoms with van der Waals surface area (Å²) in [5.41, 5.74) is 32.7. The lowest BCUT2D eigenvalue weighted by Crippen LogP contribution is -1.90. The monoisotopic (exact) mass is 1320 g/mol. The first kappa shape index (κ1) is 60.4. The maximum absolute atomic E-state index is 5.54. The summed E-state index contributed by atoms with van der Waals surface area (Å²) in [6.45, 7) is 0. The Bertz CT molecular complexity index is 5840. The number of benzene rings is 8. The lowest BCUT2D eigenvalue weighted by Gasteiger charge is -2.07. The van der Waals surface area contributed by atoms with Crippen molar-refractivity contribution in [1.82, 2.24) is 39.9 Å². The highest BCUT2D eigenvalue weighted by atomic mass is 14.8. The fourth-order valence-corrected chi connectivity index (χ4v) is 14.6. The number of hydrogen-bond donors (Lipinski definition) is 4. The fraction of sp³-hybridized carbons (Fsp3) is 0. The Kier molecular flexibility index (Phi) is 15.0. The van der Waals surface area contributed by atoms with Gasteiger partial charge in [-0.3, -0.25) is 0 Å². The second-order valence-corrected chi connectivity index (χ2v) is 25.8. The molecule has 17 heterocycles. The summed E-state index contributed by atoms with van der Waals surface area (Å²) < 4.78 is 0. The summed E-state index contributed by atoms with van der Waals surface area (Å²) >= 11 is 0. The second kappa shape index (κ2) is 25.8. The van der Waals surface area contributed by atoms with Gasteiger partial charge in [-0.1, -0.05) is 194 Å². The smallest absolute Gasteiger partial charge is 0.0737 e. The van der Waals surface area contributed by atoms with Crippen molar-refractivity contribution in [3.8, 4) is 136 Å². The molecule has 8 nitrogen and oxygen atoms in total. The number of aromatic nitrogens is 8. The molecule has 11 aliphatic heterocycles. The number of nitrogens with zero attached hydrogens (tertiary/aromatic N) is 4. The minimum atomic E-state index is 0.814. The molecular weight excluding hydrogens is 1270 g/mol. The molecule has 4 N–H and O–H groups in total. The zero-order chi connectivity index (χ0) is 68.9. The largest absolute Gasteiger partial charge is 0.354 e. The Morgan fingerprint density at radius 1 is 0.163 bits per heavy atom. The quantitative estimate of drug-likeness (QED) is 0.131. The van der Waals surface area contributed by atoms with E-state index in [1.165, 1.54) is 0 Å². The van der Waals surface area contributed by atoms with Crippen molar-refractivity contribution >= 4 is 92.7 Å². The third-order valence-electron chi connectivity index (χ3n) is 19.4. The van der Waals surface area contributed by atoms with Crippen molar-refractivity contribution in [2.45, 2.75) is 0 Å². The van der Waals surface area contributed by atoms with Crippen LogP contribution >= 0.6 is 0 Å². The molecule has 25 rings (SSSR count). The second-order valence-electron chi connectivity index (χ2n) is 25.8. The van der Waals surface area contributed by atoms with Gasteiger partial charge in [0.1, 0.15) is 0 Å². The number of H-pyrrole nitrogens is 4. The van der Waals surface area contributed by atoms with E-state index in [9.17, 15) is 0 Å². The maximum atomic E-state index is 5.54. The van der Waals surface area contributed by atoms with Gasteiger partial charge in [0, 0.05) is 111 Å². The van der Waals surface area contributed by atoms with Crippen molar-refractivity contribution < 1.29 is 0 Å². The summed E-state index contributed by atoms with van der Waals surface area (Å²) in [5, 5.41) is 0. The van der Waals surface area contributed by atoms with E-state index in [2.05, 4.69) is 359 Å². The van der Waals surface area contributed by atoms with E-state index in [0.29, 0.717) is 0 Å². The van der Waals surface area contributed by atoms with Crippen molar-refractivity contribution in [1.29, 1.82) is 0 Å². The maximum Gasteiger partial charge on any atom is 0.0737 e. The van der Waals surface area contributed by atoms with Gasteiger partial charge in [-0.15, -0.1) is 0 Å². The summed E-state index contributed by atoms with van der Waals surface area (Å²) in [6, 6.07) is 92.5. The van der Waals surface area contributed by atoms with Crippen LogP contribution in [0, 0.1) is 47.4 Å². The van der Waals surface area contributed by atoms with Crippen molar-refractivity contribution in [2.75, 3.05) is 0 Å². The van der Waals surface area contributed by atoms with Gasteiger partial charge in [-0.2, -0.15) is 0 Å². The van der Waals surface area contributed by atoms with Gasteiger partial charge in [-0.25, -0.2) is 19.9 Å². The number of hydrogen-bond acceptors (Lipinski definition) is 4. The predicted octanol–water partition coefficient (Wildman–Crippen LogP) is 22.1. The molecule has 0 radical (unpaired) electrons. The molecule has 0 amide bonds. The van der Waals surface area contributed by atoms with E-state index in [1.807, 2.05) is 24.3 Å². The zero-order valence-electron chi connectivity index (χ0n) is 55.8. The zero-order valence-corrected chi connectivity index (χ0v) is 55.8. The molecule has 11 aliphatic rings. The minimum Gasteiger partial charge on any atom is -0.354 e. The highest BCUT2D eigenvalue weighted by Crippen LogP contribution is 2.42. The van der Waals surface area contributed by atoms with Gasteiger partial charge in [0.2, 0.25) is 0 Å². The van der Waals surface area contributed by atoms with Crippen LogP contribution in [0.25, 0.3) is 182 Å². The average molecular weight is 1320 g/mol. The molecule has 0 saturated carbocycles. The fourth-order valence-electron chi connectivity index (χ4n) is 14.6. The lowest BCUT2D eigenvalue weighted by molar-refractivity contribution is 1.31. The summed E-state index contributed by atoms with van der Waals surface area (Å²) in [6.07, 6.45) is 17.0. The molecule has 28 bridgehead atoms. The Morgan fingerprint density at radius 3 is 0.481 bits per heavy atom. The van der Waals surface area contributed by atoms with Gasteiger partial charge in [0.25, 0.3) is 0 Å². The van der Waals surface area contributed by atoms with Crippen LogP contribution in [0.2, 0.25) is 0 Å². The van der Waals surface area contributed by atoms with Crippen molar-refractivity contribution in [3.05, 3.63) is 335 Å². The third kappa shape index (κ3) is 11.3. The van der Waals surface area contributed by atoms with E-state index in [0.717, 1.165) is 201 Å². The standard InChI is InChI=1S/C96H56N8/c1-5-21-65(22-6-1)89-73-45-53-81(97-73)93-69-37-29-61(30-38-69)17-13-15-19-63-33-41-71(42-34-63)95-85-57-49-77(101-85)91(67-25-9-3-10-26-67)78-50-58-86(102-78)96(88-60-52-80(104-88)92(68-27-11-4-12-28-68)79-51-59-87(95)103-79)72-43-35-64(36-44-72)20-16-14-18-62-31-39-70(40-32-62)94(82-54-46-74(89)98-82)84-56-48-76(100-84)90(66-23-7-2-8-24-66)75-47-55-83(93)99-75/h1-12,21-60,97,100-101,104H. The first-order valence-corrected chi connectivity index (χ1v) is 34.5. The van der Waals surface area contributed by atoms with Crippen LogP contribution in [-0.2, 0) is 0 Å². The van der Waals surface area contributed by atoms with Crippen LogP contribution in [0.3, 0.4) is 0 Å². The van der Waals surface area contributed by atoms with Crippen LogP contribution in [0.5, 0.6) is 0 Å². The van der Waals surface area contributed by atoms with E-state index >= 15 is 0 Å². The molecular formula is C96H56N8. The normalized spacial score (nSPS) is 12.1. The third-order valence-corrected chi connectivity index (χ3v) is 19.4. The molecule has 0 aliphatic carbocycles. The van der Waals surface area contributed by atoms with E-state index in [-0.39, 0.29) is 0 Å². The van der Waals surface area contributed by atoms with E-state index in [4.69, 9.17) is 19.9 Å². The molecule has 0 atom stereocenters. The highest BCUT2D eigenvalue weighted by molar-refractivity contribution is 6.03. The summed E-state index contributed by atoms with van der Waals surface area (Å²) in [7, 11) is 0. The van der Waals surface area contributed by atoms with Crippen LogP contribution in [0.1, 0.15) is 67.8 Å².